The van der Waals surface area contributed by atoms with Crippen molar-refractivity contribution in [2.24, 2.45) is 0 Å². The van der Waals surface area contributed by atoms with Gasteiger partial charge in [-0.25, -0.2) is 0 Å². The minimum atomic E-state index is -0.448. The molecule has 2 aromatic rings. The third-order valence-corrected chi connectivity index (χ3v) is 3.31. The number of aliphatic hydroxyl groups excluding tert-OH is 1. The van der Waals surface area contributed by atoms with E-state index in [0.29, 0.717) is 0 Å². The molecule has 106 valence electrons. The van der Waals surface area contributed by atoms with Crippen molar-refractivity contribution in [3.05, 3.63) is 65.7 Å². The predicted molar refractivity (Wildman–Crippen MR) is 82.0 cm³/mol. The van der Waals surface area contributed by atoms with Crippen LogP contribution in [0.3, 0.4) is 0 Å². The van der Waals surface area contributed by atoms with Crippen molar-refractivity contribution >= 4 is 0 Å². The number of aliphatic hydroxyl groups is 1. The Morgan fingerprint density at radius 3 is 2.55 bits per heavy atom. The van der Waals surface area contributed by atoms with Crippen LogP contribution in [0.5, 0.6) is 5.75 Å². The Bertz CT molecular complexity index is 506. The van der Waals surface area contributed by atoms with Crippen molar-refractivity contribution in [3.63, 3.8) is 0 Å². The summed E-state index contributed by atoms with van der Waals surface area (Å²) in [5.74, 6) is 0.836. The minimum Gasteiger partial charge on any atom is -0.494 e. The van der Waals surface area contributed by atoms with Crippen LogP contribution in [0.1, 0.15) is 37.0 Å². The van der Waals surface area contributed by atoms with Crippen molar-refractivity contribution in [2.75, 3.05) is 6.61 Å². The highest BCUT2D eigenvalue weighted by atomic mass is 16.5. The molecule has 1 unspecified atom stereocenters. The molecule has 2 rings (SSSR count). The Hall–Kier alpha value is -1.80. The van der Waals surface area contributed by atoms with Crippen LogP contribution in [-0.4, -0.2) is 11.7 Å². The predicted octanol–water partition coefficient (Wildman–Crippen LogP) is 4.14. The van der Waals surface area contributed by atoms with Crippen LogP contribution in [0.2, 0.25) is 0 Å². The van der Waals surface area contributed by atoms with Gasteiger partial charge in [-0.05, 0) is 49.4 Å². The van der Waals surface area contributed by atoms with Gasteiger partial charge < -0.3 is 9.84 Å². The zero-order valence-electron chi connectivity index (χ0n) is 12.0. The van der Waals surface area contributed by atoms with Gasteiger partial charge in [0, 0.05) is 0 Å². The molecule has 20 heavy (non-hydrogen) atoms. The summed E-state index contributed by atoms with van der Waals surface area (Å²) >= 11 is 0. The van der Waals surface area contributed by atoms with E-state index < -0.39 is 6.10 Å². The molecule has 1 N–H and O–H groups in total. The molecule has 0 amide bonds. The van der Waals surface area contributed by atoms with E-state index in [9.17, 15) is 5.11 Å². The lowest BCUT2D eigenvalue weighted by atomic mass is 10.1. The number of ether oxygens (including phenoxy) is 1. The Morgan fingerprint density at radius 1 is 1.00 bits per heavy atom. The van der Waals surface area contributed by atoms with Gasteiger partial charge in [0.05, 0.1) is 12.7 Å². The van der Waals surface area contributed by atoms with Crippen molar-refractivity contribution < 1.29 is 9.84 Å². The molecule has 2 aromatic carbocycles. The largest absolute Gasteiger partial charge is 0.494 e. The second-order valence-corrected chi connectivity index (χ2v) is 5.04. The molecule has 0 aliphatic heterocycles. The second-order valence-electron chi connectivity index (χ2n) is 5.04. The third kappa shape index (κ3) is 4.71. The molecule has 0 saturated heterocycles. The number of aryl methyl sites for hydroxylation is 1. The molecule has 0 bridgehead atoms. The van der Waals surface area contributed by atoms with Gasteiger partial charge in [0.2, 0.25) is 0 Å². The summed E-state index contributed by atoms with van der Waals surface area (Å²) in [5, 5.41) is 9.53. The Balaban J connectivity index is 1.69. The molecule has 2 nitrogen and oxygen atoms in total. The second kappa shape index (κ2) is 7.71. The quantitative estimate of drug-likeness (QED) is 0.766. The zero-order valence-corrected chi connectivity index (χ0v) is 12.0. The summed E-state index contributed by atoms with van der Waals surface area (Å²) in [6, 6.07) is 18.2. The van der Waals surface area contributed by atoms with Crippen LogP contribution < -0.4 is 4.74 Å². The molecule has 0 fully saturated rings. The number of unbranched alkanes of at least 4 members (excludes halogenated alkanes) is 1. The zero-order chi connectivity index (χ0) is 14.2. The lowest BCUT2D eigenvalue weighted by molar-refractivity contribution is 0.198. The highest BCUT2D eigenvalue weighted by molar-refractivity contribution is 5.29. The van der Waals surface area contributed by atoms with E-state index in [4.69, 9.17) is 4.74 Å². The summed E-state index contributed by atoms with van der Waals surface area (Å²) in [7, 11) is 0. The maximum Gasteiger partial charge on any atom is 0.119 e. The average Bonchev–Trinajstić information content (AvgIpc) is 2.48. The van der Waals surface area contributed by atoms with Crippen molar-refractivity contribution in [3.8, 4) is 5.75 Å². The van der Waals surface area contributed by atoms with Gasteiger partial charge in [-0.3, -0.25) is 0 Å². The van der Waals surface area contributed by atoms with Crippen LogP contribution in [0, 0.1) is 0 Å². The van der Waals surface area contributed by atoms with Crippen molar-refractivity contribution in [1.29, 1.82) is 0 Å². The van der Waals surface area contributed by atoms with Gasteiger partial charge in [0.25, 0.3) is 0 Å². The molecule has 0 aromatic heterocycles. The van der Waals surface area contributed by atoms with Gasteiger partial charge >= 0.3 is 0 Å². The highest BCUT2D eigenvalue weighted by Gasteiger charge is 2.02. The lowest BCUT2D eigenvalue weighted by Crippen LogP contribution is -1.99. The topological polar surface area (TPSA) is 29.5 Å². The molecular weight excluding hydrogens is 248 g/mol. The smallest absolute Gasteiger partial charge is 0.119 e. The maximum atomic E-state index is 9.53. The maximum absolute atomic E-state index is 9.53. The monoisotopic (exact) mass is 270 g/mol. The molecule has 0 saturated carbocycles. The van der Waals surface area contributed by atoms with Crippen molar-refractivity contribution in [1.82, 2.24) is 0 Å². The van der Waals surface area contributed by atoms with Crippen LogP contribution in [-0.2, 0) is 6.42 Å². The first kappa shape index (κ1) is 14.6. The average molecular weight is 270 g/mol. The minimum absolute atomic E-state index is 0.448. The Kier molecular flexibility index (Phi) is 5.63. The lowest BCUT2D eigenvalue weighted by Gasteiger charge is -2.09. The van der Waals surface area contributed by atoms with Crippen molar-refractivity contribution in [2.45, 2.75) is 32.3 Å². The molecule has 1 atom stereocenters. The molecule has 0 heterocycles. The van der Waals surface area contributed by atoms with E-state index >= 15 is 0 Å². The van der Waals surface area contributed by atoms with E-state index in [1.54, 1.807) is 6.92 Å². The van der Waals surface area contributed by atoms with E-state index in [0.717, 1.165) is 37.2 Å². The summed E-state index contributed by atoms with van der Waals surface area (Å²) in [6.07, 6.45) is 2.81. The normalized spacial score (nSPS) is 12.1. The highest BCUT2D eigenvalue weighted by Crippen LogP contribution is 2.19. The molecule has 2 heteroatoms. The molecular formula is C18H22O2. The van der Waals surface area contributed by atoms with E-state index in [-0.39, 0.29) is 0 Å². The van der Waals surface area contributed by atoms with Gasteiger partial charge in [-0.2, -0.15) is 0 Å². The third-order valence-electron chi connectivity index (χ3n) is 3.31. The van der Waals surface area contributed by atoms with E-state index in [1.807, 2.05) is 30.3 Å². The fraction of sp³-hybridized carbons (Fsp3) is 0.333. The Labute approximate surface area is 121 Å². The molecule has 0 spiro atoms. The number of hydrogen-bond acceptors (Lipinski definition) is 2. The van der Waals surface area contributed by atoms with Gasteiger partial charge in [0.15, 0.2) is 0 Å². The number of rotatable bonds is 7. The summed E-state index contributed by atoms with van der Waals surface area (Å²) < 4.78 is 5.72. The van der Waals surface area contributed by atoms with Gasteiger partial charge in [0.1, 0.15) is 5.75 Å². The van der Waals surface area contributed by atoms with Crippen LogP contribution >= 0.6 is 0 Å². The van der Waals surface area contributed by atoms with E-state index in [1.165, 1.54) is 5.56 Å². The fourth-order valence-electron chi connectivity index (χ4n) is 2.13. The molecule has 0 radical (unpaired) electrons. The standard InChI is InChI=1S/C18H22O2/c1-15(19)17-11-7-12-18(14-17)20-13-6-5-10-16-8-3-2-4-9-16/h2-4,7-9,11-12,14-15,19H,5-6,10,13H2,1H3. The fourth-order valence-corrected chi connectivity index (χ4v) is 2.13. The van der Waals surface area contributed by atoms with E-state index in [2.05, 4.69) is 24.3 Å². The molecule has 0 aliphatic carbocycles. The van der Waals surface area contributed by atoms with Crippen LogP contribution in [0.15, 0.2) is 54.6 Å². The van der Waals surface area contributed by atoms with Crippen LogP contribution in [0.4, 0.5) is 0 Å². The summed E-state index contributed by atoms with van der Waals surface area (Å²) in [4.78, 5) is 0. The first-order chi connectivity index (χ1) is 9.75. The van der Waals surface area contributed by atoms with Crippen LogP contribution in [0.25, 0.3) is 0 Å². The number of hydrogen-bond donors (Lipinski definition) is 1. The summed E-state index contributed by atoms with van der Waals surface area (Å²) in [5.41, 5.74) is 2.27. The number of benzene rings is 2. The van der Waals surface area contributed by atoms with Gasteiger partial charge in [-0.15, -0.1) is 0 Å². The molecule has 0 aliphatic rings. The SMILES string of the molecule is CC(O)c1cccc(OCCCCc2ccccc2)c1. The Morgan fingerprint density at radius 2 is 1.80 bits per heavy atom. The first-order valence-electron chi connectivity index (χ1n) is 7.20. The summed E-state index contributed by atoms with van der Waals surface area (Å²) in [6.45, 7) is 2.48. The first-order valence-corrected chi connectivity index (χ1v) is 7.20. The van der Waals surface area contributed by atoms with Gasteiger partial charge in [-0.1, -0.05) is 42.5 Å².